The van der Waals surface area contributed by atoms with Crippen molar-refractivity contribution < 1.29 is 17.9 Å². The Morgan fingerprint density at radius 3 is 2.59 bits per heavy atom. The fraction of sp³-hybridized carbons (Fsp3) is 0.0500. The molecule has 2 heterocycles. The third kappa shape index (κ3) is 3.43. The van der Waals surface area contributed by atoms with Gasteiger partial charge in [0.25, 0.3) is 0 Å². The number of anilines is 2. The first-order valence-corrected chi connectivity index (χ1v) is 8.39. The molecule has 0 amide bonds. The van der Waals surface area contributed by atoms with Crippen LogP contribution in [0.2, 0.25) is 0 Å². The zero-order chi connectivity index (χ0) is 20.5. The molecule has 4 aromatic rings. The fourth-order valence-corrected chi connectivity index (χ4v) is 2.82. The molecule has 0 aliphatic heterocycles. The number of benzene rings is 2. The largest absolute Gasteiger partial charge is 0.434 e. The molecule has 0 spiro atoms. The molecule has 4 rings (SSSR count). The van der Waals surface area contributed by atoms with E-state index in [4.69, 9.17) is 4.74 Å². The lowest BCUT2D eigenvalue weighted by molar-refractivity contribution is 0.424. The Morgan fingerprint density at radius 1 is 1.10 bits per heavy atom. The van der Waals surface area contributed by atoms with Crippen LogP contribution in [0, 0.1) is 35.7 Å². The summed E-state index contributed by atoms with van der Waals surface area (Å²) in [5, 5.41) is 12.4. The maximum absolute atomic E-state index is 14.8. The minimum atomic E-state index is -0.790. The molecular formula is C20H12F3N5O. The number of H-pyrrole nitrogens is 1. The van der Waals surface area contributed by atoms with E-state index in [0.717, 1.165) is 12.4 Å². The van der Waals surface area contributed by atoms with Crippen molar-refractivity contribution in [1.29, 1.82) is 5.26 Å². The van der Waals surface area contributed by atoms with Crippen molar-refractivity contribution in [2.75, 3.05) is 5.32 Å². The number of hydrogen-bond acceptors (Lipinski definition) is 5. The molecule has 0 fully saturated rings. The van der Waals surface area contributed by atoms with Crippen LogP contribution >= 0.6 is 0 Å². The van der Waals surface area contributed by atoms with Crippen LogP contribution in [-0.2, 0) is 0 Å². The number of nitrogens with one attached hydrogen (secondary N) is 2. The molecule has 144 valence electrons. The summed E-state index contributed by atoms with van der Waals surface area (Å²) >= 11 is 0. The second-order valence-electron chi connectivity index (χ2n) is 6.16. The Kier molecular flexibility index (Phi) is 4.52. The van der Waals surface area contributed by atoms with E-state index < -0.39 is 23.2 Å². The van der Waals surface area contributed by atoms with E-state index in [1.54, 1.807) is 6.92 Å². The number of nitriles is 1. The van der Waals surface area contributed by atoms with Gasteiger partial charge >= 0.3 is 0 Å². The van der Waals surface area contributed by atoms with Gasteiger partial charge in [0.2, 0.25) is 5.88 Å². The van der Waals surface area contributed by atoms with Gasteiger partial charge in [0, 0.05) is 22.8 Å². The summed E-state index contributed by atoms with van der Waals surface area (Å²) in [6.45, 7) is 1.67. The monoisotopic (exact) mass is 395 g/mol. The average Bonchev–Trinajstić information content (AvgIpc) is 3.10. The summed E-state index contributed by atoms with van der Waals surface area (Å²) in [4.78, 5) is 10.6. The van der Waals surface area contributed by atoms with E-state index in [9.17, 15) is 18.4 Å². The van der Waals surface area contributed by atoms with Gasteiger partial charge in [-0.3, -0.25) is 0 Å². The molecule has 0 unspecified atom stereocenters. The molecule has 0 atom stereocenters. The van der Waals surface area contributed by atoms with Crippen LogP contribution in [0.5, 0.6) is 11.6 Å². The van der Waals surface area contributed by atoms with Gasteiger partial charge in [0.15, 0.2) is 28.8 Å². The SMILES string of the molecule is Cc1cc2c(F)c(Oc3ncnc(Nc4ccc(F)cc4)c3C#N)cc(F)c2[nH]1. The van der Waals surface area contributed by atoms with E-state index in [2.05, 4.69) is 20.3 Å². The van der Waals surface area contributed by atoms with Crippen LogP contribution in [0.25, 0.3) is 10.9 Å². The van der Waals surface area contributed by atoms with Gasteiger partial charge in [-0.2, -0.15) is 5.26 Å². The Hall–Kier alpha value is -4.06. The van der Waals surface area contributed by atoms with E-state index >= 15 is 0 Å². The number of ether oxygens (including phenoxy) is 1. The van der Waals surface area contributed by atoms with Crippen LogP contribution in [0.4, 0.5) is 24.7 Å². The predicted octanol–water partition coefficient (Wildman–Crippen LogP) is 5.09. The van der Waals surface area contributed by atoms with Gasteiger partial charge < -0.3 is 15.0 Å². The summed E-state index contributed by atoms with van der Waals surface area (Å²) in [6, 6.07) is 9.59. The Bertz CT molecular complexity index is 1260. The number of fused-ring (bicyclic) bond motifs is 1. The molecule has 0 bridgehead atoms. The lowest BCUT2D eigenvalue weighted by Crippen LogP contribution is -2.02. The van der Waals surface area contributed by atoms with Gasteiger partial charge in [0.1, 0.15) is 18.2 Å². The summed E-state index contributed by atoms with van der Waals surface area (Å²) in [7, 11) is 0. The topological polar surface area (TPSA) is 86.6 Å². The molecule has 2 aromatic carbocycles. The first kappa shape index (κ1) is 18.3. The van der Waals surface area contributed by atoms with Crippen molar-refractivity contribution in [3.8, 4) is 17.7 Å². The molecule has 0 radical (unpaired) electrons. The van der Waals surface area contributed by atoms with Crippen LogP contribution in [-0.4, -0.2) is 15.0 Å². The fourth-order valence-electron chi connectivity index (χ4n) is 2.82. The van der Waals surface area contributed by atoms with Crippen molar-refractivity contribution in [3.63, 3.8) is 0 Å². The number of aryl methyl sites for hydroxylation is 1. The molecule has 9 heteroatoms. The Balaban J connectivity index is 1.73. The number of hydrogen-bond donors (Lipinski definition) is 2. The maximum Gasteiger partial charge on any atom is 0.242 e. The number of rotatable bonds is 4. The standard InChI is InChI=1S/C20H12F3N5O/c1-10-6-13-17(23)16(7-15(22)18(13)27-10)29-20-14(8-24)19(25-9-26-20)28-12-4-2-11(21)3-5-12/h2-7,9,27H,1H3,(H,25,26,28). The van der Waals surface area contributed by atoms with Crippen molar-refractivity contribution in [1.82, 2.24) is 15.0 Å². The van der Waals surface area contributed by atoms with Gasteiger partial charge in [-0.25, -0.2) is 23.1 Å². The minimum absolute atomic E-state index is 0.0224. The maximum atomic E-state index is 14.8. The molecular weight excluding hydrogens is 383 g/mol. The second-order valence-corrected chi connectivity index (χ2v) is 6.16. The highest BCUT2D eigenvalue weighted by molar-refractivity contribution is 5.83. The van der Waals surface area contributed by atoms with Crippen LogP contribution in [0.1, 0.15) is 11.3 Å². The van der Waals surface area contributed by atoms with Gasteiger partial charge in [-0.1, -0.05) is 0 Å². The van der Waals surface area contributed by atoms with Crippen LogP contribution in [0.15, 0.2) is 42.7 Å². The summed E-state index contributed by atoms with van der Waals surface area (Å²) in [5.74, 6) is -2.52. The van der Waals surface area contributed by atoms with Gasteiger partial charge in [-0.15, -0.1) is 0 Å². The lowest BCUT2D eigenvalue weighted by atomic mass is 10.2. The summed E-state index contributed by atoms with van der Waals surface area (Å²) < 4.78 is 47.6. The molecule has 29 heavy (non-hydrogen) atoms. The van der Waals surface area contributed by atoms with Crippen LogP contribution in [0.3, 0.4) is 0 Å². The molecule has 0 aliphatic carbocycles. The summed E-state index contributed by atoms with van der Waals surface area (Å²) in [5.41, 5.74) is 0.950. The lowest BCUT2D eigenvalue weighted by Gasteiger charge is -2.11. The predicted molar refractivity (Wildman–Crippen MR) is 99.5 cm³/mol. The van der Waals surface area contributed by atoms with Crippen molar-refractivity contribution in [3.05, 3.63) is 71.4 Å². The van der Waals surface area contributed by atoms with E-state index in [-0.39, 0.29) is 28.2 Å². The molecule has 2 aromatic heterocycles. The smallest absolute Gasteiger partial charge is 0.242 e. The van der Waals surface area contributed by atoms with Gasteiger partial charge in [0.05, 0.1) is 5.52 Å². The highest BCUT2D eigenvalue weighted by Gasteiger charge is 2.19. The van der Waals surface area contributed by atoms with E-state index in [1.165, 1.54) is 30.3 Å². The Morgan fingerprint density at radius 2 is 1.86 bits per heavy atom. The highest BCUT2D eigenvalue weighted by Crippen LogP contribution is 2.34. The van der Waals surface area contributed by atoms with E-state index in [0.29, 0.717) is 11.4 Å². The Labute approximate surface area is 162 Å². The van der Waals surface area contributed by atoms with Crippen molar-refractivity contribution in [2.24, 2.45) is 0 Å². The number of aromatic nitrogens is 3. The summed E-state index contributed by atoms with van der Waals surface area (Å²) in [6.07, 6.45) is 1.11. The van der Waals surface area contributed by atoms with Crippen molar-refractivity contribution >= 4 is 22.4 Å². The molecule has 0 saturated heterocycles. The molecule has 2 N–H and O–H groups in total. The third-order valence-corrected chi connectivity index (χ3v) is 4.14. The first-order valence-electron chi connectivity index (χ1n) is 8.39. The first-order chi connectivity index (χ1) is 14.0. The molecule has 0 aliphatic rings. The number of halogens is 3. The van der Waals surface area contributed by atoms with Gasteiger partial charge in [-0.05, 0) is 37.3 Å². The average molecular weight is 395 g/mol. The molecule has 0 saturated carbocycles. The van der Waals surface area contributed by atoms with Crippen molar-refractivity contribution in [2.45, 2.75) is 6.92 Å². The zero-order valence-corrected chi connectivity index (χ0v) is 14.9. The zero-order valence-electron chi connectivity index (χ0n) is 14.9. The number of nitrogens with zero attached hydrogens (tertiary/aromatic N) is 3. The van der Waals surface area contributed by atoms with Crippen LogP contribution < -0.4 is 10.1 Å². The highest BCUT2D eigenvalue weighted by atomic mass is 19.1. The van der Waals surface area contributed by atoms with E-state index in [1.807, 2.05) is 6.07 Å². The second kappa shape index (κ2) is 7.16. The number of aromatic amines is 1. The quantitative estimate of drug-likeness (QED) is 0.503. The minimum Gasteiger partial charge on any atom is -0.434 e. The normalized spacial score (nSPS) is 10.7. The third-order valence-electron chi connectivity index (χ3n) is 4.14. The molecule has 6 nitrogen and oxygen atoms in total.